The molecule has 0 bridgehead atoms. The molecule has 1 fully saturated rings. The van der Waals surface area contributed by atoms with Crippen LogP contribution in [0.15, 0.2) is 0 Å². The van der Waals surface area contributed by atoms with Crippen LogP contribution in [-0.4, -0.2) is 16.9 Å². The molecule has 0 heterocycles. The lowest BCUT2D eigenvalue weighted by Crippen LogP contribution is -2.47. The highest BCUT2D eigenvalue weighted by Crippen LogP contribution is 2.35. The lowest BCUT2D eigenvalue weighted by Gasteiger charge is -2.36. The van der Waals surface area contributed by atoms with E-state index in [1.807, 2.05) is 13.8 Å². The molecule has 18 heavy (non-hydrogen) atoms. The van der Waals surface area contributed by atoms with Gasteiger partial charge < -0.3 is 11.1 Å². The second kappa shape index (κ2) is 6.00. The van der Waals surface area contributed by atoms with Crippen molar-refractivity contribution in [1.82, 2.24) is 5.32 Å². The van der Waals surface area contributed by atoms with Crippen LogP contribution in [0.1, 0.15) is 53.4 Å². The Morgan fingerprint density at radius 3 is 2.50 bits per heavy atom. The van der Waals surface area contributed by atoms with E-state index >= 15 is 0 Å². The molecule has 1 aliphatic rings. The molecular weight excluding hydrogens is 244 g/mol. The quantitative estimate of drug-likeness (QED) is 0.772. The summed E-state index contributed by atoms with van der Waals surface area (Å²) in [5.41, 5.74) is 5.99. The third-order valence-corrected chi connectivity index (χ3v) is 4.06. The maximum Gasteiger partial charge on any atom is 0.230 e. The first-order valence-corrected chi connectivity index (χ1v) is 7.23. The molecule has 2 unspecified atom stereocenters. The van der Waals surface area contributed by atoms with Crippen molar-refractivity contribution in [2.75, 3.05) is 0 Å². The Morgan fingerprint density at radius 2 is 2.06 bits per heavy atom. The summed E-state index contributed by atoms with van der Waals surface area (Å²) in [4.78, 5) is 12.5. The summed E-state index contributed by atoms with van der Waals surface area (Å²) in [5, 5.41) is 3.13. The summed E-state index contributed by atoms with van der Waals surface area (Å²) in [6.07, 6.45) is 4.53. The van der Waals surface area contributed by atoms with E-state index in [4.69, 9.17) is 18.0 Å². The van der Waals surface area contributed by atoms with Crippen molar-refractivity contribution in [1.29, 1.82) is 0 Å². The van der Waals surface area contributed by atoms with Gasteiger partial charge in [0, 0.05) is 6.04 Å². The Kier molecular flexibility index (Phi) is 5.14. The summed E-state index contributed by atoms with van der Waals surface area (Å²) in [6.45, 7) is 8.49. The first-order chi connectivity index (χ1) is 8.23. The lowest BCUT2D eigenvalue weighted by molar-refractivity contribution is -0.125. The Hall–Kier alpha value is -0.640. The van der Waals surface area contributed by atoms with Gasteiger partial charge >= 0.3 is 0 Å². The van der Waals surface area contributed by atoms with Gasteiger partial charge in [-0.1, -0.05) is 46.3 Å². The zero-order valence-corrected chi connectivity index (χ0v) is 12.8. The molecule has 4 heteroatoms. The number of hydrogen-bond acceptors (Lipinski definition) is 2. The number of nitrogens with one attached hydrogen (secondary N) is 1. The maximum atomic E-state index is 12.2. The molecule has 0 saturated heterocycles. The largest absolute Gasteiger partial charge is 0.393 e. The molecule has 0 aliphatic heterocycles. The molecule has 0 radical (unpaired) electrons. The van der Waals surface area contributed by atoms with Gasteiger partial charge in [-0.3, -0.25) is 4.79 Å². The van der Waals surface area contributed by atoms with Gasteiger partial charge in [0.25, 0.3) is 0 Å². The van der Waals surface area contributed by atoms with Crippen LogP contribution >= 0.6 is 12.2 Å². The molecule has 104 valence electrons. The maximum absolute atomic E-state index is 12.2. The van der Waals surface area contributed by atoms with E-state index in [1.54, 1.807) is 0 Å². The summed E-state index contributed by atoms with van der Waals surface area (Å²) >= 11 is 5.00. The third-order valence-electron chi connectivity index (χ3n) is 3.81. The fourth-order valence-electron chi connectivity index (χ4n) is 2.87. The van der Waals surface area contributed by atoms with Crippen LogP contribution in [-0.2, 0) is 4.79 Å². The average molecular weight is 270 g/mol. The van der Waals surface area contributed by atoms with Crippen LogP contribution < -0.4 is 11.1 Å². The minimum Gasteiger partial charge on any atom is -0.393 e. The summed E-state index contributed by atoms with van der Waals surface area (Å²) in [7, 11) is 0. The molecular formula is C14H26N2OS. The fourth-order valence-corrected chi connectivity index (χ4v) is 3.25. The molecule has 1 saturated carbocycles. The van der Waals surface area contributed by atoms with Gasteiger partial charge in [-0.25, -0.2) is 0 Å². The van der Waals surface area contributed by atoms with Gasteiger partial charge in [0.1, 0.15) is 0 Å². The third kappa shape index (κ3) is 4.23. The van der Waals surface area contributed by atoms with Gasteiger partial charge in [-0.15, -0.1) is 0 Å². The van der Waals surface area contributed by atoms with E-state index in [-0.39, 0.29) is 23.8 Å². The number of carbonyl (C=O) groups is 1. The van der Waals surface area contributed by atoms with E-state index < -0.39 is 0 Å². The smallest absolute Gasteiger partial charge is 0.230 e. The molecule has 3 N–H and O–H groups in total. The van der Waals surface area contributed by atoms with Crippen LogP contribution in [0, 0.1) is 17.3 Å². The Labute approximate surface area is 116 Å². The fraction of sp³-hybridized carbons (Fsp3) is 0.857. The molecule has 1 rings (SSSR count). The standard InChI is InChI=1S/C14H26N2OS/c1-9(2)11(12(15)18)13(17)16-10-6-5-7-14(3,4)8-10/h9-11H,5-8H2,1-4H3,(H2,15,18)(H,16,17). The summed E-state index contributed by atoms with van der Waals surface area (Å²) in [6, 6.07) is 0.275. The first kappa shape index (κ1) is 15.4. The summed E-state index contributed by atoms with van der Waals surface area (Å²) in [5.74, 6) is -0.190. The van der Waals surface area contributed by atoms with E-state index in [0.717, 1.165) is 12.8 Å². The van der Waals surface area contributed by atoms with Gasteiger partial charge in [0.05, 0.1) is 10.9 Å². The molecule has 1 aliphatic carbocycles. The van der Waals surface area contributed by atoms with Crippen molar-refractivity contribution in [3.8, 4) is 0 Å². The molecule has 0 aromatic carbocycles. The highest BCUT2D eigenvalue weighted by atomic mass is 32.1. The first-order valence-electron chi connectivity index (χ1n) is 6.82. The van der Waals surface area contributed by atoms with E-state index in [2.05, 4.69) is 19.2 Å². The van der Waals surface area contributed by atoms with Crippen molar-refractivity contribution in [3.63, 3.8) is 0 Å². The molecule has 0 spiro atoms. The predicted molar refractivity (Wildman–Crippen MR) is 79.3 cm³/mol. The van der Waals surface area contributed by atoms with Crippen LogP contribution in [0.2, 0.25) is 0 Å². The second-order valence-corrected chi connectivity index (χ2v) is 7.06. The molecule has 1 amide bonds. The Bertz CT molecular complexity index is 326. The van der Waals surface area contributed by atoms with E-state index in [9.17, 15) is 4.79 Å². The molecule has 2 atom stereocenters. The van der Waals surface area contributed by atoms with Gasteiger partial charge in [0.2, 0.25) is 5.91 Å². The molecule has 0 aromatic heterocycles. The summed E-state index contributed by atoms with van der Waals surface area (Å²) < 4.78 is 0. The second-order valence-electron chi connectivity index (χ2n) is 6.59. The number of carbonyl (C=O) groups excluding carboxylic acids is 1. The van der Waals surface area contributed by atoms with Crippen molar-refractivity contribution in [2.24, 2.45) is 23.0 Å². The average Bonchev–Trinajstić information content (AvgIpc) is 2.13. The number of amides is 1. The normalized spacial score (nSPS) is 24.6. The number of rotatable bonds is 4. The number of nitrogens with two attached hydrogens (primary N) is 1. The lowest BCUT2D eigenvalue weighted by atomic mass is 9.75. The van der Waals surface area contributed by atoms with Crippen LogP contribution in [0.5, 0.6) is 0 Å². The number of hydrogen-bond donors (Lipinski definition) is 2. The zero-order valence-electron chi connectivity index (χ0n) is 12.0. The van der Waals surface area contributed by atoms with E-state index in [0.29, 0.717) is 10.4 Å². The minimum atomic E-state index is -0.343. The van der Waals surface area contributed by atoms with Crippen molar-refractivity contribution in [3.05, 3.63) is 0 Å². The van der Waals surface area contributed by atoms with Crippen molar-refractivity contribution >= 4 is 23.1 Å². The number of thiocarbonyl (C=S) groups is 1. The zero-order chi connectivity index (χ0) is 13.9. The van der Waals surface area contributed by atoms with Gasteiger partial charge in [0.15, 0.2) is 0 Å². The predicted octanol–water partition coefficient (Wildman–Crippen LogP) is 2.63. The highest BCUT2D eigenvalue weighted by Gasteiger charge is 2.31. The highest BCUT2D eigenvalue weighted by molar-refractivity contribution is 7.80. The Balaban J connectivity index is 2.61. The van der Waals surface area contributed by atoms with Crippen LogP contribution in [0.4, 0.5) is 0 Å². The molecule has 3 nitrogen and oxygen atoms in total. The minimum absolute atomic E-state index is 0.000185. The van der Waals surface area contributed by atoms with E-state index in [1.165, 1.54) is 12.8 Å². The van der Waals surface area contributed by atoms with Crippen LogP contribution in [0.3, 0.4) is 0 Å². The van der Waals surface area contributed by atoms with Gasteiger partial charge in [-0.05, 0) is 30.6 Å². The van der Waals surface area contributed by atoms with Gasteiger partial charge in [-0.2, -0.15) is 0 Å². The monoisotopic (exact) mass is 270 g/mol. The molecule has 0 aromatic rings. The Morgan fingerprint density at radius 1 is 1.44 bits per heavy atom. The SMILES string of the molecule is CC(C)C(C(=O)NC1CCCC(C)(C)C1)C(N)=S. The van der Waals surface area contributed by atoms with Crippen molar-refractivity contribution < 1.29 is 4.79 Å². The topological polar surface area (TPSA) is 55.1 Å². The van der Waals surface area contributed by atoms with Crippen molar-refractivity contribution in [2.45, 2.75) is 59.4 Å². The van der Waals surface area contributed by atoms with Crippen LogP contribution in [0.25, 0.3) is 0 Å².